The fourth-order valence-corrected chi connectivity index (χ4v) is 1.19. The topological polar surface area (TPSA) is 61.1 Å². The molecular weight excluding hydrogens is 162 g/mol. The van der Waals surface area contributed by atoms with Crippen molar-refractivity contribution in [1.29, 1.82) is 5.26 Å². The van der Waals surface area contributed by atoms with Gasteiger partial charge in [0.05, 0.1) is 17.2 Å². The Labute approximate surface area is 70.4 Å². The van der Waals surface area contributed by atoms with E-state index < -0.39 is 5.97 Å². The van der Waals surface area contributed by atoms with E-state index in [9.17, 15) is 4.79 Å². The van der Waals surface area contributed by atoms with E-state index in [1.165, 1.54) is 11.8 Å². The first kappa shape index (κ1) is 10.3. The number of rotatable bonds is 4. The van der Waals surface area contributed by atoms with Gasteiger partial charge in [-0.1, -0.05) is 6.92 Å². The van der Waals surface area contributed by atoms with Crippen LogP contribution in [0.25, 0.3) is 0 Å². The first-order valence-corrected chi connectivity index (χ1v) is 4.36. The van der Waals surface area contributed by atoms with Crippen LogP contribution >= 0.6 is 11.8 Å². The summed E-state index contributed by atoms with van der Waals surface area (Å²) in [5, 5.41) is 16.7. The first-order valence-electron chi connectivity index (χ1n) is 3.32. The summed E-state index contributed by atoms with van der Waals surface area (Å²) in [6, 6.07) is 2.03. The van der Waals surface area contributed by atoms with Gasteiger partial charge in [0, 0.05) is 5.75 Å². The summed E-state index contributed by atoms with van der Waals surface area (Å²) in [5.41, 5.74) is 0. The number of carboxylic acids is 1. The normalized spacial score (nSPS) is 15.0. The molecule has 2 unspecified atom stereocenters. The van der Waals surface area contributed by atoms with Crippen molar-refractivity contribution < 1.29 is 9.90 Å². The number of thioether (sulfide) groups is 1. The highest BCUT2D eigenvalue weighted by Gasteiger charge is 2.12. The summed E-state index contributed by atoms with van der Waals surface area (Å²) in [7, 11) is 0. The van der Waals surface area contributed by atoms with Gasteiger partial charge in [-0.2, -0.15) is 5.26 Å². The van der Waals surface area contributed by atoms with E-state index in [4.69, 9.17) is 10.4 Å². The molecule has 3 nitrogen and oxygen atoms in total. The van der Waals surface area contributed by atoms with Gasteiger partial charge in [0.25, 0.3) is 0 Å². The number of carboxylic acid groups (broad SMARTS) is 1. The molecule has 1 N–H and O–H groups in total. The molecule has 0 saturated heterocycles. The van der Waals surface area contributed by atoms with E-state index in [1.807, 2.05) is 6.07 Å². The number of hydrogen-bond acceptors (Lipinski definition) is 3. The maximum Gasteiger partial charge on any atom is 0.307 e. The fraction of sp³-hybridized carbons (Fsp3) is 0.714. The zero-order valence-electron chi connectivity index (χ0n) is 6.57. The Morgan fingerprint density at radius 1 is 1.73 bits per heavy atom. The van der Waals surface area contributed by atoms with E-state index in [-0.39, 0.29) is 11.2 Å². The maximum absolute atomic E-state index is 10.3. The van der Waals surface area contributed by atoms with Crippen molar-refractivity contribution in [3.05, 3.63) is 0 Å². The van der Waals surface area contributed by atoms with Crippen LogP contribution in [0.1, 0.15) is 13.8 Å². The molecule has 2 atom stereocenters. The molecule has 4 heteroatoms. The molecule has 0 aromatic heterocycles. The molecule has 0 aromatic carbocycles. The molecular formula is C7H11NO2S. The summed E-state index contributed by atoms with van der Waals surface area (Å²) in [6.07, 6.45) is 0. The Hall–Kier alpha value is -0.690. The SMILES string of the molecule is CC(C#N)SCC(C)C(=O)O. The van der Waals surface area contributed by atoms with Gasteiger partial charge < -0.3 is 5.11 Å². The highest BCUT2D eigenvalue weighted by Crippen LogP contribution is 2.13. The Bertz CT molecular complexity index is 176. The molecule has 62 valence electrons. The lowest BCUT2D eigenvalue weighted by Gasteiger charge is -2.05. The van der Waals surface area contributed by atoms with Crippen LogP contribution in [0.5, 0.6) is 0 Å². The number of nitrogens with zero attached hydrogens (tertiary/aromatic N) is 1. The van der Waals surface area contributed by atoms with Crippen molar-refractivity contribution in [1.82, 2.24) is 0 Å². The highest BCUT2D eigenvalue weighted by atomic mass is 32.2. The predicted octanol–water partition coefficient (Wildman–Crippen LogP) is 1.35. The standard InChI is InChI=1S/C7H11NO2S/c1-5(7(9)10)4-11-6(2)3-8/h5-6H,4H2,1-2H3,(H,9,10). The number of aliphatic carboxylic acids is 1. The molecule has 0 radical (unpaired) electrons. The smallest absolute Gasteiger partial charge is 0.307 e. The third-order valence-electron chi connectivity index (χ3n) is 1.20. The molecule has 0 spiro atoms. The minimum absolute atomic E-state index is 0.114. The second-order valence-corrected chi connectivity index (χ2v) is 3.72. The minimum atomic E-state index is -0.803. The van der Waals surface area contributed by atoms with Gasteiger partial charge in [0.2, 0.25) is 0 Å². The molecule has 0 aliphatic heterocycles. The van der Waals surface area contributed by atoms with Crippen molar-refractivity contribution in [2.75, 3.05) is 5.75 Å². The Morgan fingerprint density at radius 3 is 2.64 bits per heavy atom. The molecule has 0 heterocycles. The zero-order chi connectivity index (χ0) is 8.85. The van der Waals surface area contributed by atoms with Crippen molar-refractivity contribution >= 4 is 17.7 Å². The van der Waals surface area contributed by atoms with Crippen LogP contribution in [0.3, 0.4) is 0 Å². The van der Waals surface area contributed by atoms with Crippen molar-refractivity contribution in [3.8, 4) is 6.07 Å². The van der Waals surface area contributed by atoms with E-state index in [1.54, 1.807) is 13.8 Å². The van der Waals surface area contributed by atoms with Gasteiger partial charge in [0.1, 0.15) is 0 Å². The first-order chi connectivity index (χ1) is 5.07. The van der Waals surface area contributed by atoms with Crippen LogP contribution in [0.2, 0.25) is 0 Å². The summed E-state index contributed by atoms with van der Waals surface area (Å²) < 4.78 is 0. The summed E-state index contributed by atoms with van der Waals surface area (Å²) in [4.78, 5) is 10.3. The molecule has 0 aromatic rings. The van der Waals surface area contributed by atoms with Crippen molar-refractivity contribution in [3.63, 3.8) is 0 Å². The average molecular weight is 173 g/mol. The third-order valence-corrected chi connectivity index (χ3v) is 2.50. The van der Waals surface area contributed by atoms with Crippen LogP contribution in [0, 0.1) is 17.2 Å². The van der Waals surface area contributed by atoms with E-state index in [2.05, 4.69) is 0 Å². The van der Waals surface area contributed by atoms with Crippen molar-refractivity contribution in [2.24, 2.45) is 5.92 Å². The average Bonchev–Trinajstić information content (AvgIpc) is 1.99. The summed E-state index contributed by atoms with van der Waals surface area (Å²) in [5.74, 6) is -0.664. The largest absolute Gasteiger partial charge is 0.481 e. The van der Waals surface area contributed by atoms with Crippen LogP contribution in [0.15, 0.2) is 0 Å². The fourth-order valence-electron chi connectivity index (χ4n) is 0.397. The second-order valence-electron chi connectivity index (χ2n) is 2.34. The lowest BCUT2D eigenvalue weighted by molar-refractivity contribution is -0.140. The molecule has 0 amide bonds. The summed E-state index contributed by atoms with van der Waals surface area (Å²) >= 11 is 1.37. The number of carbonyl (C=O) groups is 1. The van der Waals surface area contributed by atoms with E-state index in [0.29, 0.717) is 5.75 Å². The second kappa shape index (κ2) is 5.03. The molecule has 0 rings (SSSR count). The minimum Gasteiger partial charge on any atom is -0.481 e. The Kier molecular flexibility index (Phi) is 4.71. The van der Waals surface area contributed by atoms with Crippen molar-refractivity contribution in [2.45, 2.75) is 19.1 Å². The Balaban J connectivity index is 3.55. The van der Waals surface area contributed by atoms with Gasteiger partial charge >= 0.3 is 5.97 Å². The van der Waals surface area contributed by atoms with Crippen LogP contribution in [0.4, 0.5) is 0 Å². The number of nitriles is 1. The quantitative estimate of drug-likeness (QED) is 0.697. The third kappa shape index (κ3) is 4.68. The molecule has 0 aliphatic carbocycles. The van der Waals surface area contributed by atoms with E-state index >= 15 is 0 Å². The van der Waals surface area contributed by atoms with Gasteiger partial charge in [-0.05, 0) is 6.92 Å². The molecule has 0 fully saturated rings. The summed E-state index contributed by atoms with van der Waals surface area (Å²) in [6.45, 7) is 3.40. The lowest BCUT2D eigenvalue weighted by Crippen LogP contribution is -2.13. The Morgan fingerprint density at radius 2 is 2.27 bits per heavy atom. The zero-order valence-corrected chi connectivity index (χ0v) is 7.39. The molecule has 0 bridgehead atoms. The van der Waals surface area contributed by atoms with Gasteiger partial charge in [-0.25, -0.2) is 0 Å². The van der Waals surface area contributed by atoms with Gasteiger partial charge in [0.15, 0.2) is 0 Å². The maximum atomic E-state index is 10.3. The van der Waals surface area contributed by atoms with Crippen LogP contribution in [-0.2, 0) is 4.79 Å². The van der Waals surface area contributed by atoms with Crippen LogP contribution in [-0.4, -0.2) is 22.1 Å². The number of hydrogen-bond donors (Lipinski definition) is 1. The van der Waals surface area contributed by atoms with E-state index in [0.717, 1.165) is 0 Å². The predicted molar refractivity (Wildman–Crippen MR) is 44.3 cm³/mol. The van der Waals surface area contributed by atoms with Crippen LogP contribution < -0.4 is 0 Å². The monoisotopic (exact) mass is 173 g/mol. The lowest BCUT2D eigenvalue weighted by atomic mass is 10.2. The van der Waals surface area contributed by atoms with Gasteiger partial charge in [-0.3, -0.25) is 4.79 Å². The van der Waals surface area contributed by atoms with Gasteiger partial charge in [-0.15, -0.1) is 11.8 Å². The molecule has 11 heavy (non-hydrogen) atoms. The molecule has 0 saturated carbocycles. The highest BCUT2D eigenvalue weighted by molar-refractivity contribution is 8.00. The molecule has 0 aliphatic rings.